The van der Waals surface area contributed by atoms with E-state index in [0.29, 0.717) is 0 Å². The molecule has 0 aliphatic heterocycles. The standard InChI is InChI=1S/C34H52N2.Pd/c1-6-11-16-28-21-23-32(25-30(28)18-13-8-3)35-27-34(20-15-10-5)36-33-24-22-29(17-12-7-2)31(26-33)19-14-9-4;/h21-27H,6-20H2,1-5H3;/b35-27+,36-34+;. The normalized spacial score (nSPS) is 11.8. The fraction of sp³-hybridized carbons (Fsp3) is 0.588. The summed E-state index contributed by atoms with van der Waals surface area (Å²) in [5.74, 6) is 0. The summed E-state index contributed by atoms with van der Waals surface area (Å²) in [6.07, 6.45) is 19.9. The molecular weight excluding hydrogens is 543 g/mol. The average Bonchev–Trinajstić information content (AvgIpc) is 2.90. The molecule has 2 aromatic carbocycles. The average molecular weight is 595 g/mol. The molecule has 208 valence electrons. The second-order valence-corrected chi connectivity index (χ2v) is 10.3. The summed E-state index contributed by atoms with van der Waals surface area (Å²) in [6, 6.07) is 13.7. The van der Waals surface area contributed by atoms with Gasteiger partial charge in [0.1, 0.15) is 0 Å². The molecule has 0 fully saturated rings. The van der Waals surface area contributed by atoms with Gasteiger partial charge in [0.2, 0.25) is 0 Å². The fourth-order valence-corrected chi connectivity index (χ4v) is 4.62. The van der Waals surface area contributed by atoms with Crippen molar-refractivity contribution in [3.8, 4) is 0 Å². The summed E-state index contributed by atoms with van der Waals surface area (Å²) in [5.41, 5.74) is 9.21. The molecule has 0 N–H and O–H groups in total. The van der Waals surface area contributed by atoms with E-state index >= 15 is 0 Å². The molecule has 2 nitrogen and oxygen atoms in total. The van der Waals surface area contributed by atoms with Crippen LogP contribution in [0.4, 0.5) is 11.4 Å². The zero-order chi connectivity index (χ0) is 26.0. The second kappa shape index (κ2) is 20.4. The van der Waals surface area contributed by atoms with Crippen molar-refractivity contribution in [2.45, 2.75) is 131 Å². The molecule has 0 saturated carbocycles. The van der Waals surface area contributed by atoms with E-state index < -0.39 is 0 Å². The minimum atomic E-state index is 0. The molecule has 0 spiro atoms. The number of rotatable bonds is 18. The molecule has 0 amide bonds. The van der Waals surface area contributed by atoms with Gasteiger partial charge in [0.05, 0.1) is 17.1 Å². The van der Waals surface area contributed by atoms with Gasteiger partial charge in [0.25, 0.3) is 0 Å². The Bertz CT molecular complexity index is 945. The van der Waals surface area contributed by atoms with Crippen molar-refractivity contribution >= 4 is 23.3 Å². The summed E-state index contributed by atoms with van der Waals surface area (Å²) < 4.78 is 0. The third-order valence-corrected chi connectivity index (χ3v) is 7.00. The molecule has 0 heterocycles. The van der Waals surface area contributed by atoms with E-state index in [1.165, 1.54) is 86.5 Å². The van der Waals surface area contributed by atoms with Gasteiger partial charge in [-0.15, -0.1) is 0 Å². The first-order valence-electron chi connectivity index (χ1n) is 15.0. The Morgan fingerprint density at radius 2 is 1.00 bits per heavy atom. The molecule has 2 aromatic rings. The number of benzene rings is 2. The Labute approximate surface area is 242 Å². The summed E-state index contributed by atoms with van der Waals surface area (Å²) in [5, 5.41) is 0. The number of aliphatic imine (C=N–C) groups is 2. The van der Waals surface area contributed by atoms with E-state index in [2.05, 4.69) is 71.0 Å². The Balaban J connectivity index is 0.00000684. The SMILES string of the molecule is CCCCC(/C=N/c1ccc(CCCC)c(CCCC)c1)=N\c1ccc(CCCC)c(CCCC)c1.[Pd]. The maximum Gasteiger partial charge on any atom is 0.0636 e. The van der Waals surface area contributed by atoms with Crippen LogP contribution in [0, 0.1) is 0 Å². The topological polar surface area (TPSA) is 24.7 Å². The number of unbranched alkanes of at least 4 members (excludes halogenated alkanes) is 5. The zero-order valence-corrected chi connectivity index (χ0v) is 25.9. The van der Waals surface area contributed by atoms with Gasteiger partial charge in [0, 0.05) is 26.6 Å². The molecule has 3 heteroatoms. The number of hydrogen-bond acceptors (Lipinski definition) is 2. The van der Waals surface area contributed by atoms with Gasteiger partial charge in [-0.05, 0) is 111 Å². The van der Waals surface area contributed by atoms with E-state index in [4.69, 9.17) is 9.98 Å². The van der Waals surface area contributed by atoms with Crippen LogP contribution < -0.4 is 0 Å². The Morgan fingerprint density at radius 1 is 0.568 bits per heavy atom. The van der Waals surface area contributed by atoms with Crippen LogP contribution in [-0.2, 0) is 46.1 Å². The van der Waals surface area contributed by atoms with Gasteiger partial charge in [-0.25, -0.2) is 0 Å². The first-order chi connectivity index (χ1) is 17.6. The van der Waals surface area contributed by atoms with Crippen molar-refractivity contribution in [2.24, 2.45) is 9.98 Å². The van der Waals surface area contributed by atoms with Crippen molar-refractivity contribution < 1.29 is 20.4 Å². The fourth-order valence-electron chi connectivity index (χ4n) is 4.62. The van der Waals surface area contributed by atoms with Crippen molar-refractivity contribution in [2.75, 3.05) is 0 Å². The van der Waals surface area contributed by atoms with Gasteiger partial charge in [-0.2, -0.15) is 0 Å². The zero-order valence-electron chi connectivity index (χ0n) is 24.4. The van der Waals surface area contributed by atoms with Crippen molar-refractivity contribution in [1.82, 2.24) is 0 Å². The van der Waals surface area contributed by atoms with Crippen LogP contribution in [0.2, 0.25) is 0 Å². The van der Waals surface area contributed by atoms with E-state index in [1.807, 2.05) is 6.21 Å². The summed E-state index contributed by atoms with van der Waals surface area (Å²) >= 11 is 0. The number of hydrogen-bond donors (Lipinski definition) is 0. The predicted molar refractivity (Wildman–Crippen MR) is 162 cm³/mol. The van der Waals surface area contributed by atoms with Crippen molar-refractivity contribution in [1.29, 1.82) is 0 Å². The van der Waals surface area contributed by atoms with Crippen LogP contribution in [0.3, 0.4) is 0 Å². The first-order valence-corrected chi connectivity index (χ1v) is 15.0. The Hall–Kier alpha value is -1.56. The number of aryl methyl sites for hydroxylation is 4. The van der Waals surface area contributed by atoms with E-state index in [-0.39, 0.29) is 20.4 Å². The second-order valence-electron chi connectivity index (χ2n) is 10.3. The van der Waals surface area contributed by atoms with Crippen LogP contribution in [0.1, 0.15) is 128 Å². The van der Waals surface area contributed by atoms with Gasteiger partial charge in [0.15, 0.2) is 0 Å². The maximum atomic E-state index is 5.10. The van der Waals surface area contributed by atoms with E-state index in [9.17, 15) is 0 Å². The molecule has 0 unspecified atom stereocenters. The molecule has 0 aromatic heterocycles. The smallest absolute Gasteiger partial charge is 0.0636 e. The first kappa shape index (κ1) is 33.5. The molecule has 0 bridgehead atoms. The minimum Gasteiger partial charge on any atom is -0.255 e. The van der Waals surface area contributed by atoms with Gasteiger partial charge in [-0.1, -0.05) is 78.9 Å². The quantitative estimate of drug-likeness (QED) is 0.121. The summed E-state index contributed by atoms with van der Waals surface area (Å²) in [6.45, 7) is 11.3. The van der Waals surface area contributed by atoms with Crippen LogP contribution >= 0.6 is 0 Å². The summed E-state index contributed by atoms with van der Waals surface area (Å²) in [7, 11) is 0. The summed E-state index contributed by atoms with van der Waals surface area (Å²) in [4.78, 5) is 10.0. The van der Waals surface area contributed by atoms with Crippen LogP contribution in [0.15, 0.2) is 46.4 Å². The molecule has 0 saturated heterocycles. The van der Waals surface area contributed by atoms with Crippen LogP contribution in [0.25, 0.3) is 0 Å². The van der Waals surface area contributed by atoms with Crippen molar-refractivity contribution in [3.05, 3.63) is 58.7 Å². The Kier molecular flexibility index (Phi) is 18.5. The van der Waals surface area contributed by atoms with Gasteiger partial charge < -0.3 is 0 Å². The van der Waals surface area contributed by atoms with E-state index in [1.54, 1.807) is 0 Å². The maximum absolute atomic E-state index is 5.10. The van der Waals surface area contributed by atoms with Gasteiger partial charge >= 0.3 is 0 Å². The van der Waals surface area contributed by atoms with Crippen LogP contribution in [-0.4, -0.2) is 11.9 Å². The van der Waals surface area contributed by atoms with Gasteiger partial charge in [-0.3, -0.25) is 9.98 Å². The molecule has 0 aliphatic carbocycles. The van der Waals surface area contributed by atoms with Crippen LogP contribution in [0.5, 0.6) is 0 Å². The van der Waals surface area contributed by atoms with Crippen molar-refractivity contribution in [3.63, 3.8) is 0 Å². The third kappa shape index (κ3) is 12.7. The number of nitrogens with zero attached hydrogens (tertiary/aromatic N) is 2. The molecular formula is C34H52N2Pd. The molecule has 0 atom stereocenters. The molecule has 2 rings (SSSR count). The van der Waals surface area contributed by atoms with E-state index in [0.717, 1.165) is 49.2 Å². The minimum absolute atomic E-state index is 0. The monoisotopic (exact) mass is 594 g/mol. The largest absolute Gasteiger partial charge is 0.255 e. The predicted octanol–water partition coefficient (Wildman–Crippen LogP) is 10.7. The molecule has 0 aliphatic rings. The third-order valence-electron chi connectivity index (χ3n) is 7.00. The Morgan fingerprint density at radius 3 is 1.49 bits per heavy atom. The molecule has 0 radical (unpaired) electrons. The molecule has 37 heavy (non-hydrogen) atoms.